The first-order chi connectivity index (χ1) is 8.86. The maximum Gasteiger partial charge on any atom is 0.278 e. The molecule has 1 N–H and O–H groups in total. The molecule has 7 nitrogen and oxygen atoms in total. The standard InChI is InChI=1S/C11H24N4O3S/c1-4-14-7-9-15(10-8-14)11(16)5-6-12-19(17,18)13(2)3/h12H,4-10H2,1-3H3. The van der Waals surface area contributed by atoms with Gasteiger partial charge in [-0.05, 0) is 6.54 Å². The van der Waals surface area contributed by atoms with E-state index in [1.807, 2.05) is 0 Å². The van der Waals surface area contributed by atoms with Gasteiger partial charge >= 0.3 is 0 Å². The fourth-order valence-electron chi connectivity index (χ4n) is 1.89. The SMILES string of the molecule is CCN1CCN(C(=O)CCNS(=O)(=O)N(C)C)CC1. The van der Waals surface area contributed by atoms with E-state index >= 15 is 0 Å². The van der Waals surface area contributed by atoms with Crippen LogP contribution < -0.4 is 4.72 Å². The highest BCUT2D eigenvalue weighted by atomic mass is 32.2. The van der Waals surface area contributed by atoms with Crippen LogP contribution in [0.15, 0.2) is 0 Å². The molecule has 0 atom stereocenters. The number of carbonyl (C=O) groups is 1. The number of likely N-dealkylation sites (N-methyl/N-ethyl adjacent to an activating group) is 1. The normalized spacial score (nSPS) is 18.0. The Morgan fingerprint density at radius 3 is 2.26 bits per heavy atom. The van der Waals surface area contributed by atoms with Crippen molar-refractivity contribution >= 4 is 16.1 Å². The molecular weight excluding hydrogens is 268 g/mol. The Kier molecular flexibility index (Phi) is 6.18. The third kappa shape index (κ3) is 5.06. The minimum Gasteiger partial charge on any atom is -0.340 e. The monoisotopic (exact) mass is 292 g/mol. The smallest absolute Gasteiger partial charge is 0.278 e. The van der Waals surface area contributed by atoms with Crippen molar-refractivity contribution in [1.29, 1.82) is 0 Å². The Bertz CT molecular complexity index is 389. The lowest BCUT2D eigenvalue weighted by atomic mass is 10.3. The number of carbonyl (C=O) groups excluding carboxylic acids is 1. The molecule has 0 spiro atoms. The summed E-state index contributed by atoms with van der Waals surface area (Å²) in [5, 5.41) is 0. The summed E-state index contributed by atoms with van der Waals surface area (Å²) < 4.78 is 26.4. The van der Waals surface area contributed by atoms with E-state index in [2.05, 4.69) is 16.5 Å². The largest absolute Gasteiger partial charge is 0.340 e. The minimum atomic E-state index is -3.43. The zero-order valence-electron chi connectivity index (χ0n) is 11.9. The highest BCUT2D eigenvalue weighted by Crippen LogP contribution is 2.03. The van der Waals surface area contributed by atoms with Crippen molar-refractivity contribution in [3.63, 3.8) is 0 Å². The van der Waals surface area contributed by atoms with Crippen LogP contribution in [0.4, 0.5) is 0 Å². The number of piperazine rings is 1. The molecule has 1 fully saturated rings. The van der Waals surface area contributed by atoms with Gasteiger partial charge in [0, 0.05) is 53.2 Å². The van der Waals surface area contributed by atoms with Gasteiger partial charge in [0.25, 0.3) is 10.2 Å². The Hall–Kier alpha value is -0.700. The molecule has 1 aliphatic rings. The molecule has 0 aliphatic carbocycles. The second kappa shape index (κ2) is 7.18. The van der Waals surface area contributed by atoms with Gasteiger partial charge in [-0.2, -0.15) is 12.7 Å². The van der Waals surface area contributed by atoms with E-state index < -0.39 is 10.2 Å². The van der Waals surface area contributed by atoms with Crippen LogP contribution >= 0.6 is 0 Å². The van der Waals surface area contributed by atoms with Crippen molar-refractivity contribution in [2.75, 3.05) is 53.4 Å². The van der Waals surface area contributed by atoms with Crippen LogP contribution in [0.5, 0.6) is 0 Å². The minimum absolute atomic E-state index is 0.0113. The Balaban J connectivity index is 2.29. The third-order valence-corrected chi connectivity index (χ3v) is 4.81. The van der Waals surface area contributed by atoms with Crippen molar-refractivity contribution in [1.82, 2.24) is 18.8 Å². The van der Waals surface area contributed by atoms with Crippen LogP contribution in [0.25, 0.3) is 0 Å². The summed E-state index contributed by atoms with van der Waals surface area (Å²) in [5.41, 5.74) is 0. The van der Waals surface area contributed by atoms with Gasteiger partial charge in [-0.25, -0.2) is 4.72 Å². The Morgan fingerprint density at radius 2 is 1.79 bits per heavy atom. The van der Waals surface area contributed by atoms with E-state index in [-0.39, 0.29) is 18.9 Å². The van der Waals surface area contributed by atoms with Gasteiger partial charge in [0.05, 0.1) is 0 Å². The van der Waals surface area contributed by atoms with E-state index in [1.54, 1.807) is 4.90 Å². The molecule has 1 saturated heterocycles. The maximum absolute atomic E-state index is 11.9. The zero-order chi connectivity index (χ0) is 14.5. The molecule has 1 rings (SSSR count). The van der Waals surface area contributed by atoms with Gasteiger partial charge in [-0.15, -0.1) is 0 Å². The van der Waals surface area contributed by atoms with Crippen LogP contribution in [0, 0.1) is 0 Å². The molecule has 0 aromatic rings. The van der Waals surface area contributed by atoms with Crippen LogP contribution in [0.1, 0.15) is 13.3 Å². The Labute approximate surface area is 115 Å². The number of nitrogens with one attached hydrogen (secondary N) is 1. The number of hydrogen-bond donors (Lipinski definition) is 1. The maximum atomic E-state index is 11.9. The summed E-state index contributed by atoms with van der Waals surface area (Å²) in [4.78, 5) is 16.0. The van der Waals surface area contributed by atoms with Crippen LogP contribution in [0.3, 0.4) is 0 Å². The number of hydrogen-bond acceptors (Lipinski definition) is 4. The molecule has 0 aromatic carbocycles. The zero-order valence-corrected chi connectivity index (χ0v) is 12.7. The quantitative estimate of drug-likeness (QED) is 0.677. The lowest BCUT2D eigenvalue weighted by molar-refractivity contribution is -0.132. The van der Waals surface area contributed by atoms with Crippen molar-refractivity contribution in [2.24, 2.45) is 0 Å². The Morgan fingerprint density at radius 1 is 1.21 bits per heavy atom. The lowest BCUT2D eigenvalue weighted by Crippen LogP contribution is -2.49. The van der Waals surface area contributed by atoms with E-state index in [4.69, 9.17) is 0 Å². The van der Waals surface area contributed by atoms with Crippen LogP contribution in [-0.4, -0.2) is 81.8 Å². The highest BCUT2D eigenvalue weighted by Gasteiger charge is 2.20. The molecule has 0 aromatic heterocycles. The summed E-state index contributed by atoms with van der Waals surface area (Å²) in [6.07, 6.45) is 0.208. The molecule has 0 bridgehead atoms. The summed E-state index contributed by atoms with van der Waals surface area (Å²) in [5.74, 6) is 0.0113. The fourth-order valence-corrected chi connectivity index (χ4v) is 2.51. The molecule has 8 heteroatoms. The van der Waals surface area contributed by atoms with Gasteiger partial charge in [0.1, 0.15) is 0 Å². The van der Waals surface area contributed by atoms with E-state index in [9.17, 15) is 13.2 Å². The lowest BCUT2D eigenvalue weighted by Gasteiger charge is -2.34. The first kappa shape index (κ1) is 16.4. The molecule has 0 unspecified atom stereocenters. The van der Waals surface area contributed by atoms with Gasteiger partial charge < -0.3 is 9.80 Å². The van der Waals surface area contributed by atoms with E-state index in [1.165, 1.54) is 14.1 Å². The molecule has 1 heterocycles. The van der Waals surface area contributed by atoms with Crippen molar-refractivity contribution in [2.45, 2.75) is 13.3 Å². The molecule has 112 valence electrons. The topological polar surface area (TPSA) is 73.0 Å². The summed E-state index contributed by atoms with van der Waals surface area (Å²) in [6, 6.07) is 0. The van der Waals surface area contributed by atoms with Crippen molar-refractivity contribution < 1.29 is 13.2 Å². The number of nitrogens with zero attached hydrogens (tertiary/aromatic N) is 3. The van der Waals surface area contributed by atoms with Crippen molar-refractivity contribution in [3.8, 4) is 0 Å². The van der Waals surface area contributed by atoms with Gasteiger partial charge in [-0.1, -0.05) is 6.92 Å². The van der Waals surface area contributed by atoms with Gasteiger partial charge in [0.15, 0.2) is 0 Å². The molecule has 0 radical (unpaired) electrons. The van der Waals surface area contributed by atoms with Gasteiger partial charge in [0.2, 0.25) is 5.91 Å². The molecule has 0 saturated carbocycles. The third-order valence-electron chi connectivity index (χ3n) is 3.28. The number of amides is 1. The van der Waals surface area contributed by atoms with Crippen LogP contribution in [-0.2, 0) is 15.0 Å². The fraction of sp³-hybridized carbons (Fsp3) is 0.909. The summed E-state index contributed by atoms with van der Waals surface area (Å²) in [7, 11) is -0.528. The molecule has 19 heavy (non-hydrogen) atoms. The second-order valence-electron chi connectivity index (χ2n) is 4.75. The van der Waals surface area contributed by atoms with Crippen LogP contribution in [0.2, 0.25) is 0 Å². The molecule has 1 aliphatic heterocycles. The molecular formula is C11H24N4O3S. The highest BCUT2D eigenvalue weighted by molar-refractivity contribution is 7.87. The van der Waals surface area contributed by atoms with Crippen molar-refractivity contribution in [3.05, 3.63) is 0 Å². The first-order valence-electron chi connectivity index (χ1n) is 6.54. The average Bonchev–Trinajstić information content (AvgIpc) is 2.38. The molecule has 1 amide bonds. The predicted molar refractivity (Wildman–Crippen MR) is 73.9 cm³/mol. The predicted octanol–water partition coefficient (Wildman–Crippen LogP) is -1.06. The second-order valence-corrected chi connectivity index (χ2v) is 6.72. The van der Waals surface area contributed by atoms with E-state index in [0.29, 0.717) is 0 Å². The number of rotatable bonds is 6. The first-order valence-corrected chi connectivity index (χ1v) is 7.98. The van der Waals surface area contributed by atoms with E-state index in [0.717, 1.165) is 37.0 Å². The average molecular weight is 292 g/mol. The summed E-state index contributed by atoms with van der Waals surface area (Å²) in [6.45, 7) is 6.50. The summed E-state index contributed by atoms with van der Waals surface area (Å²) >= 11 is 0. The van der Waals surface area contributed by atoms with Gasteiger partial charge in [-0.3, -0.25) is 4.79 Å².